The maximum atomic E-state index is 9.91. The van der Waals surface area contributed by atoms with Crippen LogP contribution in [0.4, 0.5) is 0 Å². The Morgan fingerprint density at radius 3 is 3.00 bits per heavy atom. The van der Waals surface area contributed by atoms with Crippen LogP contribution >= 0.6 is 11.3 Å². The van der Waals surface area contributed by atoms with Gasteiger partial charge in [-0.15, -0.1) is 11.3 Å². The van der Waals surface area contributed by atoms with Crippen LogP contribution < -0.4 is 4.74 Å². The predicted molar refractivity (Wildman–Crippen MR) is 40.3 cm³/mol. The monoisotopic (exact) mass is 155 g/mol. The van der Waals surface area contributed by atoms with Crippen molar-refractivity contribution in [2.45, 2.75) is 6.42 Å². The Bertz CT molecular complexity index is 217. The van der Waals surface area contributed by atoms with Gasteiger partial charge in [-0.3, -0.25) is 4.79 Å². The molecule has 3 heteroatoms. The second-order valence-corrected chi connectivity index (χ2v) is 2.88. The first kappa shape index (κ1) is 7.28. The molecule has 53 valence electrons. The van der Waals surface area contributed by atoms with Crippen molar-refractivity contribution in [1.82, 2.24) is 0 Å². The van der Waals surface area contributed by atoms with Crippen LogP contribution in [0.15, 0.2) is 12.1 Å². The summed E-state index contributed by atoms with van der Waals surface area (Å²) >= 11 is 1.47. The molecule has 1 aromatic rings. The van der Waals surface area contributed by atoms with Gasteiger partial charge >= 0.3 is 0 Å². The quantitative estimate of drug-likeness (QED) is 0.659. The van der Waals surface area contributed by atoms with Crippen LogP contribution in [0.2, 0.25) is 0 Å². The lowest BCUT2D eigenvalue weighted by Gasteiger charge is -1.88. The van der Waals surface area contributed by atoms with E-state index in [9.17, 15) is 4.79 Å². The van der Waals surface area contributed by atoms with Gasteiger partial charge in [0, 0.05) is 11.3 Å². The summed E-state index contributed by atoms with van der Waals surface area (Å²) in [6.45, 7) is 0. The second-order valence-electron chi connectivity index (χ2n) is 1.75. The molecule has 1 rings (SSSR count). The van der Waals surface area contributed by atoms with E-state index in [1.54, 1.807) is 7.11 Å². The highest BCUT2D eigenvalue weighted by Gasteiger charge is 1.97. The number of hydrogen-bond acceptors (Lipinski definition) is 3. The Hall–Kier alpha value is -0.830. The van der Waals surface area contributed by atoms with Crippen LogP contribution in [0.3, 0.4) is 0 Å². The Morgan fingerprint density at radius 1 is 1.70 bits per heavy atom. The maximum absolute atomic E-state index is 9.91. The van der Waals surface area contributed by atoms with Gasteiger partial charge in [-0.2, -0.15) is 0 Å². The number of hydrogen-bond donors (Lipinski definition) is 0. The van der Waals surface area contributed by atoms with Crippen molar-refractivity contribution in [1.29, 1.82) is 0 Å². The zero-order valence-electron chi connectivity index (χ0n) is 5.59. The molecule has 1 radical (unpaired) electrons. The van der Waals surface area contributed by atoms with Crippen molar-refractivity contribution in [3.63, 3.8) is 0 Å². The Morgan fingerprint density at radius 2 is 2.50 bits per heavy atom. The van der Waals surface area contributed by atoms with Crippen LogP contribution in [0.25, 0.3) is 0 Å². The van der Waals surface area contributed by atoms with Gasteiger partial charge in [0.1, 0.15) is 0 Å². The Kier molecular flexibility index (Phi) is 2.45. The van der Waals surface area contributed by atoms with Gasteiger partial charge in [0.05, 0.1) is 7.11 Å². The maximum Gasteiger partial charge on any atom is 0.203 e. The topological polar surface area (TPSA) is 26.3 Å². The minimum atomic E-state index is 0.369. The van der Waals surface area contributed by atoms with E-state index in [0.717, 1.165) is 9.94 Å². The molecular formula is C7H7O2S. The van der Waals surface area contributed by atoms with Crippen LogP contribution in [-0.2, 0) is 11.2 Å². The summed E-state index contributed by atoms with van der Waals surface area (Å²) in [5, 5.41) is 0.838. The summed E-state index contributed by atoms with van der Waals surface area (Å²) < 4.78 is 4.93. The van der Waals surface area contributed by atoms with E-state index in [2.05, 4.69) is 0 Å². The SMILES string of the molecule is COc1ccc(C[C]=O)s1. The molecule has 0 unspecified atom stereocenters. The molecule has 0 amide bonds. The molecule has 0 bridgehead atoms. The van der Waals surface area contributed by atoms with E-state index >= 15 is 0 Å². The van der Waals surface area contributed by atoms with E-state index in [1.165, 1.54) is 11.3 Å². The highest BCUT2D eigenvalue weighted by molar-refractivity contribution is 7.13. The van der Waals surface area contributed by atoms with Gasteiger partial charge in [-0.05, 0) is 12.1 Å². The van der Waals surface area contributed by atoms with E-state index in [-0.39, 0.29) is 0 Å². The van der Waals surface area contributed by atoms with Crippen molar-refractivity contribution < 1.29 is 9.53 Å². The fraction of sp³-hybridized carbons (Fsp3) is 0.286. The molecule has 0 aliphatic carbocycles. The van der Waals surface area contributed by atoms with Crippen molar-refractivity contribution in [3.05, 3.63) is 17.0 Å². The molecule has 0 saturated heterocycles. The molecule has 0 aromatic carbocycles. The summed E-state index contributed by atoms with van der Waals surface area (Å²) in [4.78, 5) is 10.9. The molecule has 0 fully saturated rings. The Balaban J connectivity index is 2.67. The summed E-state index contributed by atoms with van der Waals surface area (Å²) in [6.07, 6.45) is 2.20. The van der Waals surface area contributed by atoms with Crippen LogP contribution in [0.5, 0.6) is 5.06 Å². The van der Waals surface area contributed by atoms with Crippen LogP contribution in [0.1, 0.15) is 4.88 Å². The number of ether oxygens (including phenoxy) is 1. The minimum Gasteiger partial charge on any atom is -0.487 e. The lowest BCUT2D eigenvalue weighted by atomic mass is 10.4. The molecule has 1 aromatic heterocycles. The summed E-state index contributed by atoms with van der Waals surface area (Å²) in [5.41, 5.74) is 0. The first-order chi connectivity index (χ1) is 4.86. The third-order valence-electron chi connectivity index (χ3n) is 1.08. The van der Waals surface area contributed by atoms with Crippen LogP contribution in [0, 0.1) is 0 Å². The standard InChI is InChI=1S/C7H7O2S/c1-9-7-3-2-6(10-7)4-5-8/h2-3H,4H2,1H3. The molecular weight excluding hydrogens is 148 g/mol. The zero-order chi connectivity index (χ0) is 7.40. The van der Waals surface area contributed by atoms with Crippen molar-refractivity contribution in [2.24, 2.45) is 0 Å². The van der Waals surface area contributed by atoms with E-state index < -0.39 is 0 Å². The average Bonchev–Trinajstić information content (AvgIpc) is 2.37. The number of rotatable bonds is 3. The first-order valence-corrected chi connectivity index (χ1v) is 3.66. The highest BCUT2D eigenvalue weighted by Crippen LogP contribution is 2.23. The number of methoxy groups -OCH3 is 1. The molecule has 10 heavy (non-hydrogen) atoms. The fourth-order valence-corrected chi connectivity index (χ4v) is 1.38. The largest absolute Gasteiger partial charge is 0.487 e. The molecule has 1 heterocycles. The minimum absolute atomic E-state index is 0.369. The second kappa shape index (κ2) is 3.37. The fourth-order valence-electron chi connectivity index (χ4n) is 0.634. The molecule has 2 nitrogen and oxygen atoms in total. The third kappa shape index (κ3) is 1.57. The third-order valence-corrected chi connectivity index (χ3v) is 2.13. The normalized spacial score (nSPS) is 9.30. The van der Waals surface area contributed by atoms with Crippen molar-refractivity contribution in [3.8, 4) is 5.06 Å². The lowest BCUT2D eigenvalue weighted by Crippen LogP contribution is -1.77. The first-order valence-electron chi connectivity index (χ1n) is 2.84. The summed E-state index contributed by atoms with van der Waals surface area (Å²) in [7, 11) is 1.61. The van der Waals surface area contributed by atoms with E-state index in [1.807, 2.05) is 18.4 Å². The smallest absolute Gasteiger partial charge is 0.203 e. The van der Waals surface area contributed by atoms with Crippen LogP contribution in [-0.4, -0.2) is 13.4 Å². The lowest BCUT2D eigenvalue weighted by molar-refractivity contribution is 0.427. The summed E-state index contributed by atoms with van der Waals surface area (Å²) in [5.74, 6) is 0. The zero-order valence-corrected chi connectivity index (χ0v) is 6.40. The van der Waals surface area contributed by atoms with Gasteiger partial charge in [0.2, 0.25) is 6.29 Å². The number of carbonyl (C=O) groups excluding carboxylic acids is 1. The highest BCUT2D eigenvalue weighted by atomic mass is 32.1. The molecule has 0 aliphatic rings. The van der Waals surface area contributed by atoms with Gasteiger partial charge in [0.15, 0.2) is 5.06 Å². The van der Waals surface area contributed by atoms with Gasteiger partial charge < -0.3 is 4.74 Å². The molecule has 0 aliphatic heterocycles. The summed E-state index contributed by atoms with van der Waals surface area (Å²) in [6, 6.07) is 3.71. The molecule has 0 saturated carbocycles. The van der Waals surface area contributed by atoms with Crippen molar-refractivity contribution >= 4 is 17.6 Å². The molecule has 0 atom stereocenters. The average molecular weight is 155 g/mol. The molecule has 0 N–H and O–H groups in total. The van der Waals surface area contributed by atoms with Gasteiger partial charge in [0.25, 0.3) is 0 Å². The van der Waals surface area contributed by atoms with Gasteiger partial charge in [-0.1, -0.05) is 0 Å². The number of thiophene rings is 1. The Labute approximate surface area is 63.4 Å². The van der Waals surface area contributed by atoms with E-state index in [4.69, 9.17) is 4.74 Å². The van der Waals surface area contributed by atoms with Gasteiger partial charge in [-0.25, -0.2) is 0 Å². The van der Waals surface area contributed by atoms with E-state index in [0.29, 0.717) is 6.42 Å². The van der Waals surface area contributed by atoms with Crippen molar-refractivity contribution in [2.75, 3.05) is 7.11 Å². The predicted octanol–water partition coefficient (Wildman–Crippen LogP) is 1.41. The molecule has 0 spiro atoms.